The molecule has 1 aromatic rings. The van der Waals surface area contributed by atoms with Crippen LogP contribution in [0.5, 0.6) is 0 Å². The van der Waals surface area contributed by atoms with E-state index in [-0.39, 0.29) is 16.3 Å². The van der Waals surface area contributed by atoms with Crippen LogP contribution in [0.2, 0.25) is 0 Å². The van der Waals surface area contributed by atoms with Crippen molar-refractivity contribution in [2.45, 2.75) is 49.4 Å². The quantitative estimate of drug-likeness (QED) is 0.818. The van der Waals surface area contributed by atoms with Gasteiger partial charge in [-0.2, -0.15) is 0 Å². The minimum absolute atomic E-state index is 0.0735. The number of imidazole rings is 1. The lowest BCUT2D eigenvalue weighted by atomic mass is 9.89. The van der Waals surface area contributed by atoms with E-state index >= 15 is 0 Å². The highest BCUT2D eigenvalue weighted by atomic mass is 35.5. The second kappa shape index (κ2) is 6.24. The van der Waals surface area contributed by atoms with Crippen molar-refractivity contribution < 1.29 is 8.42 Å². The molecule has 0 spiro atoms. The molecule has 1 aliphatic rings. The Kier molecular flexibility index (Phi) is 4.86. The molecule has 7 heteroatoms. The highest BCUT2D eigenvalue weighted by Gasteiger charge is 2.25. The zero-order valence-corrected chi connectivity index (χ0v) is 12.6. The molecule has 0 amide bonds. The Bertz CT molecular complexity index is 515. The maximum absolute atomic E-state index is 12.1. The van der Waals surface area contributed by atoms with Crippen molar-refractivity contribution in [1.29, 1.82) is 0 Å². The van der Waals surface area contributed by atoms with Gasteiger partial charge in [0, 0.05) is 18.3 Å². The number of hydrogen-bond donors (Lipinski definition) is 2. The van der Waals surface area contributed by atoms with Gasteiger partial charge < -0.3 is 4.98 Å². The average Bonchev–Trinajstić information content (AvgIpc) is 2.87. The lowest BCUT2D eigenvalue weighted by Crippen LogP contribution is -2.34. The number of aromatic amines is 1. The largest absolute Gasteiger partial charge is 0.332 e. The van der Waals surface area contributed by atoms with Crippen LogP contribution in [0.15, 0.2) is 11.2 Å². The number of aromatic nitrogens is 2. The molecule has 1 fully saturated rings. The molecule has 2 unspecified atom stereocenters. The highest BCUT2D eigenvalue weighted by molar-refractivity contribution is 7.89. The monoisotopic (exact) mass is 305 g/mol. The summed E-state index contributed by atoms with van der Waals surface area (Å²) in [7, 11) is -3.50. The molecule has 19 heavy (non-hydrogen) atoms. The number of rotatable bonds is 5. The molecule has 0 aliphatic heterocycles. The molecule has 1 heterocycles. The summed E-state index contributed by atoms with van der Waals surface area (Å²) in [5.41, 5.74) is 0. The van der Waals surface area contributed by atoms with Crippen molar-refractivity contribution >= 4 is 21.6 Å². The molecule has 0 bridgehead atoms. The fraction of sp³-hybridized carbons (Fsp3) is 0.750. The number of aryl methyl sites for hydroxylation is 1. The Morgan fingerprint density at radius 3 is 2.84 bits per heavy atom. The van der Waals surface area contributed by atoms with E-state index in [2.05, 4.69) is 14.7 Å². The third-order valence-electron chi connectivity index (χ3n) is 3.58. The van der Waals surface area contributed by atoms with Crippen LogP contribution in [0.25, 0.3) is 0 Å². The third-order valence-corrected chi connectivity index (χ3v) is 5.49. The lowest BCUT2D eigenvalue weighted by molar-refractivity contribution is 0.364. The topological polar surface area (TPSA) is 74.8 Å². The van der Waals surface area contributed by atoms with Crippen molar-refractivity contribution in [1.82, 2.24) is 14.7 Å². The van der Waals surface area contributed by atoms with Gasteiger partial charge in [-0.1, -0.05) is 19.8 Å². The Morgan fingerprint density at radius 1 is 1.47 bits per heavy atom. The molecule has 1 saturated carbocycles. The maximum atomic E-state index is 12.1. The first-order valence-corrected chi connectivity index (χ1v) is 8.62. The molecule has 1 aromatic heterocycles. The molecule has 5 nitrogen and oxygen atoms in total. The number of nitrogens with zero attached hydrogens (tertiary/aromatic N) is 1. The Hall–Kier alpha value is -0.590. The van der Waals surface area contributed by atoms with Crippen molar-refractivity contribution in [2.75, 3.05) is 6.54 Å². The van der Waals surface area contributed by atoms with E-state index in [9.17, 15) is 8.42 Å². The van der Waals surface area contributed by atoms with Gasteiger partial charge in [0.25, 0.3) is 10.0 Å². The second-order valence-electron chi connectivity index (χ2n) is 4.96. The third kappa shape index (κ3) is 3.70. The van der Waals surface area contributed by atoms with Crippen LogP contribution in [0.4, 0.5) is 0 Å². The van der Waals surface area contributed by atoms with Crippen LogP contribution in [0, 0.1) is 5.92 Å². The minimum atomic E-state index is -3.50. The first-order chi connectivity index (χ1) is 9.03. The summed E-state index contributed by atoms with van der Waals surface area (Å²) >= 11 is 6.23. The molecule has 2 rings (SSSR count). The van der Waals surface area contributed by atoms with Gasteiger partial charge in [-0.25, -0.2) is 18.1 Å². The van der Waals surface area contributed by atoms with Gasteiger partial charge in [0.15, 0.2) is 5.03 Å². The van der Waals surface area contributed by atoms with Gasteiger partial charge in [0.2, 0.25) is 0 Å². The fourth-order valence-electron chi connectivity index (χ4n) is 2.35. The van der Waals surface area contributed by atoms with E-state index in [4.69, 9.17) is 11.6 Å². The number of nitrogens with one attached hydrogen (secondary N) is 2. The summed E-state index contributed by atoms with van der Waals surface area (Å²) in [5.74, 6) is 0.895. The predicted octanol–water partition coefficient (Wildman–Crippen LogP) is 2.05. The van der Waals surface area contributed by atoms with E-state index in [1.54, 1.807) is 0 Å². The van der Waals surface area contributed by atoms with Crippen molar-refractivity contribution in [3.63, 3.8) is 0 Å². The van der Waals surface area contributed by atoms with E-state index in [0.717, 1.165) is 25.7 Å². The number of halogens is 1. The van der Waals surface area contributed by atoms with E-state index in [0.29, 0.717) is 18.8 Å². The minimum Gasteiger partial charge on any atom is -0.332 e. The van der Waals surface area contributed by atoms with Crippen molar-refractivity contribution in [3.8, 4) is 0 Å². The molecular weight excluding hydrogens is 286 g/mol. The molecule has 0 aromatic carbocycles. The molecule has 0 radical (unpaired) electrons. The molecule has 108 valence electrons. The summed E-state index contributed by atoms with van der Waals surface area (Å²) in [6, 6.07) is 0. The zero-order valence-electron chi connectivity index (χ0n) is 11.0. The fourth-order valence-corrected chi connectivity index (χ4v) is 3.75. The number of alkyl halides is 1. The smallest absolute Gasteiger partial charge is 0.257 e. The summed E-state index contributed by atoms with van der Waals surface area (Å²) in [6.07, 6.45) is 6.26. The molecular formula is C12H20ClN3O2S. The number of sulfonamides is 1. The predicted molar refractivity (Wildman–Crippen MR) is 74.8 cm³/mol. The maximum Gasteiger partial charge on any atom is 0.257 e. The summed E-state index contributed by atoms with van der Waals surface area (Å²) in [6.45, 7) is 2.32. The van der Waals surface area contributed by atoms with Crippen molar-refractivity contribution in [2.24, 2.45) is 5.92 Å². The van der Waals surface area contributed by atoms with Crippen LogP contribution in [0.1, 0.15) is 38.4 Å². The Morgan fingerprint density at radius 2 is 2.21 bits per heavy atom. The van der Waals surface area contributed by atoms with E-state index in [1.165, 1.54) is 6.20 Å². The molecule has 1 aliphatic carbocycles. The molecule has 2 atom stereocenters. The number of H-pyrrole nitrogens is 1. The summed E-state index contributed by atoms with van der Waals surface area (Å²) < 4.78 is 26.8. The van der Waals surface area contributed by atoms with Crippen LogP contribution < -0.4 is 4.72 Å². The SMILES string of the molecule is CCc1ncc(S(=O)(=O)NCC2CCCCC2Cl)[nH]1. The zero-order chi connectivity index (χ0) is 13.9. The Labute approximate surface area is 119 Å². The Balaban J connectivity index is 1.97. The van der Waals surface area contributed by atoms with Crippen molar-refractivity contribution in [3.05, 3.63) is 12.0 Å². The number of hydrogen-bond acceptors (Lipinski definition) is 3. The van der Waals surface area contributed by atoms with Gasteiger partial charge in [0.05, 0.1) is 6.20 Å². The van der Waals surface area contributed by atoms with Crippen LogP contribution in [-0.2, 0) is 16.4 Å². The average molecular weight is 306 g/mol. The highest BCUT2D eigenvalue weighted by Crippen LogP contribution is 2.28. The molecule has 0 saturated heterocycles. The standard InChI is InChI=1S/C12H20ClN3O2S/c1-2-11-14-8-12(16-11)19(17,18)15-7-9-5-3-4-6-10(9)13/h8-10,15H,2-7H2,1H3,(H,14,16). The first kappa shape index (κ1) is 14.8. The van der Waals surface area contributed by atoms with Gasteiger partial charge in [-0.3, -0.25) is 0 Å². The van der Waals surface area contributed by atoms with Crippen LogP contribution in [0.3, 0.4) is 0 Å². The van der Waals surface area contributed by atoms with E-state index < -0.39 is 10.0 Å². The molecule has 2 N–H and O–H groups in total. The van der Waals surface area contributed by atoms with Crippen LogP contribution in [-0.4, -0.2) is 30.3 Å². The van der Waals surface area contributed by atoms with Gasteiger partial charge in [-0.05, 0) is 18.8 Å². The van der Waals surface area contributed by atoms with Gasteiger partial charge >= 0.3 is 0 Å². The summed E-state index contributed by atoms with van der Waals surface area (Å²) in [4.78, 5) is 6.82. The second-order valence-corrected chi connectivity index (χ2v) is 7.26. The first-order valence-electron chi connectivity index (χ1n) is 6.70. The van der Waals surface area contributed by atoms with Gasteiger partial charge in [-0.15, -0.1) is 11.6 Å². The van der Waals surface area contributed by atoms with Crippen LogP contribution >= 0.6 is 11.6 Å². The lowest BCUT2D eigenvalue weighted by Gasteiger charge is -2.26. The normalized spacial score (nSPS) is 24.5. The van der Waals surface area contributed by atoms with E-state index in [1.807, 2.05) is 6.92 Å². The summed E-state index contributed by atoms with van der Waals surface area (Å²) in [5, 5.41) is 0.204. The van der Waals surface area contributed by atoms with Gasteiger partial charge in [0.1, 0.15) is 5.82 Å².